The molecule has 0 saturated carbocycles. The maximum absolute atomic E-state index is 2.47. The van der Waals surface area contributed by atoms with Gasteiger partial charge in [0, 0.05) is 6.04 Å². The number of nitrogens with zero attached hydrogens (tertiary/aromatic N) is 1. The zero-order chi connectivity index (χ0) is 6.69. The molecule has 1 saturated heterocycles. The molecule has 0 radical (unpaired) electrons. The van der Waals surface area contributed by atoms with Gasteiger partial charge in [-0.05, 0) is 33.4 Å². The van der Waals surface area contributed by atoms with E-state index >= 15 is 0 Å². The molecule has 1 aliphatic rings. The lowest BCUT2D eigenvalue weighted by Crippen LogP contribution is -2.27. The summed E-state index contributed by atoms with van der Waals surface area (Å²) in [6.45, 7) is 3.63. The Hall–Kier alpha value is -0.0400. The van der Waals surface area contributed by atoms with E-state index in [9.17, 15) is 0 Å². The van der Waals surface area contributed by atoms with Crippen molar-refractivity contribution in [3.63, 3.8) is 0 Å². The van der Waals surface area contributed by atoms with E-state index in [0.717, 1.165) is 6.04 Å². The van der Waals surface area contributed by atoms with Gasteiger partial charge < -0.3 is 4.90 Å². The van der Waals surface area contributed by atoms with Gasteiger partial charge in [0.1, 0.15) is 0 Å². The van der Waals surface area contributed by atoms with Crippen LogP contribution >= 0.6 is 0 Å². The minimum atomic E-state index is 0.826. The van der Waals surface area contributed by atoms with Crippen LogP contribution in [0.4, 0.5) is 0 Å². The molecule has 0 bridgehead atoms. The first kappa shape index (κ1) is 7.07. The Morgan fingerprint density at radius 1 is 1.22 bits per heavy atom. The van der Waals surface area contributed by atoms with Gasteiger partial charge in [-0.2, -0.15) is 0 Å². The highest BCUT2D eigenvalue weighted by Gasteiger charge is 2.11. The summed E-state index contributed by atoms with van der Waals surface area (Å²) in [5, 5.41) is 0. The van der Waals surface area contributed by atoms with Crippen molar-refractivity contribution < 1.29 is 0 Å². The molecule has 1 nitrogen and oxygen atoms in total. The minimum Gasteiger partial charge on any atom is -0.304 e. The van der Waals surface area contributed by atoms with Crippen molar-refractivity contribution in [2.75, 3.05) is 13.6 Å². The van der Waals surface area contributed by atoms with Gasteiger partial charge in [-0.1, -0.05) is 12.8 Å². The molecule has 0 aromatic rings. The molecule has 0 N–H and O–H groups in total. The van der Waals surface area contributed by atoms with Crippen molar-refractivity contribution >= 4 is 0 Å². The fraction of sp³-hybridized carbons (Fsp3) is 1.00. The van der Waals surface area contributed by atoms with E-state index in [1.54, 1.807) is 0 Å². The van der Waals surface area contributed by atoms with Gasteiger partial charge in [0.2, 0.25) is 0 Å². The highest BCUT2D eigenvalue weighted by Crippen LogP contribution is 2.13. The number of hydrogen-bond acceptors (Lipinski definition) is 1. The third kappa shape index (κ3) is 1.98. The molecular weight excluding hydrogens is 110 g/mol. The number of likely N-dealkylation sites (tertiary alicyclic amines) is 1. The molecule has 1 atom stereocenters. The lowest BCUT2D eigenvalue weighted by Gasteiger charge is -2.20. The second kappa shape index (κ2) is 3.21. The zero-order valence-corrected chi connectivity index (χ0v) is 6.56. The average Bonchev–Trinajstić information content (AvgIpc) is 1.99. The first-order valence-corrected chi connectivity index (χ1v) is 4.01. The third-order valence-electron chi connectivity index (χ3n) is 2.39. The lowest BCUT2D eigenvalue weighted by molar-refractivity contribution is 0.264. The Labute approximate surface area is 58.0 Å². The third-order valence-corrected chi connectivity index (χ3v) is 2.39. The van der Waals surface area contributed by atoms with E-state index in [1.165, 1.54) is 32.2 Å². The summed E-state index contributed by atoms with van der Waals surface area (Å²) in [7, 11) is 2.23. The van der Waals surface area contributed by atoms with Crippen LogP contribution in [-0.4, -0.2) is 24.5 Å². The second-order valence-electron chi connectivity index (χ2n) is 3.18. The Morgan fingerprint density at radius 2 is 2.00 bits per heavy atom. The first-order valence-electron chi connectivity index (χ1n) is 4.01. The van der Waals surface area contributed by atoms with Crippen molar-refractivity contribution in [2.45, 2.75) is 38.6 Å². The average molecular weight is 127 g/mol. The molecule has 1 heteroatoms. The van der Waals surface area contributed by atoms with Crippen molar-refractivity contribution in [3.05, 3.63) is 0 Å². The summed E-state index contributed by atoms with van der Waals surface area (Å²) in [6.07, 6.45) is 5.68. The molecule has 0 spiro atoms. The van der Waals surface area contributed by atoms with E-state index in [4.69, 9.17) is 0 Å². The molecule has 1 aliphatic heterocycles. The van der Waals surface area contributed by atoms with E-state index in [-0.39, 0.29) is 0 Å². The Bertz CT molecular complexity index is 70.6. The monoisotopic (exact) mass is 127 g/mol. The molecule has 1 fully saturated rings. The molecule has 0 aromatic heterocycles. The molecule has 0 aliphatic carbocycles. The summed E-state index contributed by atoms with van der Waals surface area (Å²) in [5.41, 5.74) is 0. The van der Waals surface area contributed by atoms with Gasteiger partial charge in [0.25, 0.3) is 0 Å². The summed E-state index contributed by atoms with van der Waals surface area (Å²) in [5.74, 6) is 0. The molecule has 1 heterocycles. The zero-order valence-electron chi connectivity index (χ0n) is 6.56. The summed E-state index contributed by atoms with van der Waals surface area (Å²) in [4.78, 5) is 2.47. The van der Waals surface area contributed by atoms with Crippen LogP contribution in [0.15, 0.2) is 0 Å². The van der Waals surface area contributed by atoms with Crippen LogP contribution in [0.25, 0.3) is 0 Å². The van der Waals surface area contributed by atoms with Crippen LogP contribution in [0.2, 0.25) is 0 Å². The SMILES string of the molecule is C[C@@H]1CCCCCN1C. The maximum atomic E-state index is 2.47. The minimum absolute atomic E-state index is 0.826. The quantitative estimate of drug-likeness (QED) is 0.480. The lowest BCUT2D eigenvalue weighted by atomic mass is 10.1. The summed E-state index contributed by atoms with van der Waals surface area (Å²) >= 11 is 0. The highest BCUT2D eigenvalue weighted by molar-refractivity contribution is 4.67. The molecule has 0 unspecified atom stereocenters. The normalized spacial score (nSPS) is 32.0. The van der Waals surface area contributed by atoms with Crippen molar-refractivity contribution in [1.29, 1.82) is 0 Å². The summed E-state index contributed by atoms with van der Waals surface area (Å²) in [6, 6.07) is 0.826. The molecule has 1 rings (SSSR count). The topological polar surface area (TPSA) is 3.24 Å². The molecule has 0 amide bonds. The maximum Gasteiger partial charge on any atom is 0.00638 e. The van der Waals surface area contributed by atoms with Gasteiger partial charge in [-0.15, -0.1) is 0 Å². The standard InChI is InChI=1S/C8H17N/c1-8-6-4-3-5-7-9(8)2/h8H,3-7H2,1-2H3/t8-/m1/s1. The van der Waals surface area contributed by atoms with E-state index < -0.39 is 0 Å². The predicted octanol–water partition coefficient (Wildman–Crippen LogP) is 1.88. The molecular formula is C8H17N. The van der Waals surface area contributed by atoms with E-state index in [2.05, 4.69) is 18.9 Å². The van der Waals surface area contributed by atoms with Gasteiger partial charge >= 0.3 is 0 Å². The fourth-order valence-electron chi connectivity index (χ4n) is 1.42. The predicted molar refractivity (Wildman–Crippen MR) is 40.6 cm³/mol. The number of rotatable bonds is 0. The van der Waals surface area contributed by atoms with E-state index in [0.29, 0.717) is 0 Å². The van der Waals surface area contributed by atoms with Crippen molar-refractivity contribution in [1.82, 2.24) is 4.90 Å². The van der Waals surface area contributed by atoms with Crippen LogP contribution in [0.5, 0.6) is 0 Å². The largest absolute Gasteiger partial charge is 0.304 e. The Balaban J connectivity index is 2.32. The van der Waals surface area contributed by atoms with Gasteiger partial charge in [0.05, 0.1) is 0 Å². The van der Waals surface area contributed by atoms with Crippen LogP contribution in [0.1, 0.15) is 32.6 Å². The first-order chi connectivity index (χ1) is 4.30. The molecule has 0 aromatic carbocycles. The fourth-order valence-corrected chi connectivity index (χ4v) is 1.42. The van der Waals surface area contributed by atoms with Crippen LogP contribution < -0.4 is 0 Å². The van der Waals surface area contributed by atoms with E-state index in [1.807, 2.05) is 0 Å². The Morgan fingerprint density at radius 3 is 2.78 bits per heavy atom. The molecule has 54 valence electrons. The smallest absolute Gasteiger partial charge is 0.00638 e. The van der Waals surface area contributed by atoms with Gasteiger partial charge in [-0.25, -0.2) is 0 Å². The van der Waals surface area contributed by atoms with Crippen LogP contribution in [0.3, 0.4) is 0 Å². The van der Waals surface area contributed by atoms with Gasteiger partial charge in [0.15, 0.2) is 0 Å². The number of hydrogen-bond donors (Lipinski definition) is 0. The van der Waals surface area contributed by atoms with Crippen LogP contribution in [0, 0.1) is 0 Å². The van der Waals surface area contributed by atoms with Crippen molar-refractivity contribution in [3.8, 4) is 0 Å². The van der Waals surface area contributed by atoms with Crippen LogP contribution in [-0.2, 0) is 0 Å². The highest BCUT2D eigenvalue weighted by atomic mass is 15.1. The van der Waals surface area contributed by atoms with Crippen molar-refractivity contribution in [2.24, 2.45) is 0 Å². The molecule has 9 heavy (non-hydrogen) atoms. The second-order valence-corrected chi connectivity index (χ2v) is 3.18. The van der Waals surface area contributed by atoms with Gasteiger partial charge in [-0.3, -0.25) is 0 Å². The summed E-state index contributed by atoms with van der Waals surface area (Å²) < 4.78 is 0. The Kier molecular flexibility index (Phi) is 2.52.